The Hall–Kier alpha value is -1.32. The summed E-state index contributed by atoms with van der Waals surface area (Å²) < 4.78 is 1.82. The van der Waals surface area contributed by atoms with Crippen LogP contribution in [-0.2, 0) is 13.0 Å². The van der Waals surface area contributed by atoms with Gasteiger partial charge in [-0.1, -0.05) is 35.9 Å². The van der Waals surface area contributed by atoms with E-state index in [9.17, 15) is 0 Å². The molecule has 0 aliphatic heterocycles. The van der Waals surface area contributed by atoms with Crippen LogP contribution in [0.15, 0.2) is 36.7 Å². The Kier molecular flexibility index (Phi) is 3.59. The predicted molar refractivity (Wildman–Crippen MR) is 65.5 cm³/mol. The van der Waals surface area contributed by atoms with Crippen molar-refractivity contribution in [2.75, 3.05) is 6.54 Å². The zero-order chi connectivity index (χ0) is 11.4. The largest absolute Gasteiger partial charge is 0.330 e. The molecule has 4 heteroatoms. The molecule has 0 radical (unpaired) electrons. The zero-order valence-corrected chi connectivity index (χ0v) is 9.69. The number of nitrogens with two attached hydrogens (primary N) is 1. The highest BCUT2D eigenvalue weighted by atomic mass is 35.5. The molecule has 0 unspecified atom stereocenters. The highest BCUT2D eigenvalue weighted by molar-refractivity contribution is 6.30. The number of aromatic nitrogens is 2. The van der Waals surface area contributed by atoms with Crippen molar-refractivity contribution in [3.8, 4) is 0 Å². The van der Waals surface area contributed by atoms with E-state index in [-0.39, 0.29) is 0 Å². The van der Waals surface area contributed by atoms with Crippen molar-refractivity contribution in [3.63, 3.8) is 0 Å². The van der Waals surface area contributed by atoms with Crippen LogP contribution in [0, 0.1) is 0 Å². The van der Waals surface area contributed by atoms with E-state index in [1.54, 1.807) is 6.20 Å². The first-order chi connectivity index (χ1) is 7.78. The van der Waals surface area contributed by atoms with Crippen molar-refractivity contribution in [1.29, 1.82) is 0 Å². The van der Waals surface area contributed by atoms with Gasteiger partial charge in [-0.25, -0.2) is 0 Å². The van der Waals surface area contributed by atoms with Gasteiger partial charge in [-0.05, 0) is 24.1 Å². The van der Waals surface area contributed by atoms with Crippen LogP contribution in [0.25, 0.3) is 0 Å². The van der Waals surface area contributed by atoms with Crippen LogP contribution in [0.2, 0.25) is 5.02 Å². The molecule has 16 heavy (non-hydrogen) atoms. The number of hydrogen-bond donors (Lipinski definition) is 1. The van der Waals surface area contributed by atoms with Crippen LogP contribution in [0.4, 0.5) is 0 Å². The monoisotopic (exact) mass is 235 g/mol. The molecular formula is C12H14ClN3. The Balaban J connectivity index is 2.05. The number of rotatable bonds is 4. The Morgan fingerprint density at radius 1 is 1.19 bits per heavy atom. The van der Waals surface area contributed by atoms with Gasteiger partial charge in [0.1, 0.15) is 0 Å². The van der Waals surface area contributed by atoms with Crippen LogP contribution < -0.4 is 5.73 Å². The number of halogens is 1. The maximum Gasteiger partial charge on any atom is 0.0785 e. The van der Waals surface area contributed by atoms with E-state index in [0.717, 1.165) is 13.0 Å². The second-order valence-corrected chi connectivity index (χ2v) is 4.15. The molecule has 1 aromatic heterocycles. The number of nitrogens with zero attached hydrogens (tertiary/aromatic N) is 2. The summed E-state index contributed by atoms with van der Waals surface area (Å²) >= 11 is 5.80. The molecule has 3 nitrogen and oxygen atoms in total. The van der Waals surface area contributed by atoms with Gasteiger partial charge >= 0.3 is 0 Å². The minimum atomic E-state index is 0.666. The van der Waals surface area contributed by atoms with Gasteiger partial charge in [0.15, 0.2) is 0 Å². The van der Waals surface area contributed by atoms with Crippen LogP contribution in [0.3, 0.4) is 0 Å². The van der Waals surface area contributed by atoms with Crippen molar-refractivity contribution in [1.82, 2.24) is 9.78 Å². The summed E-state index contributed by atoms with van der Waals surface area (Å²) in [6.07, 6.45) is 4.38. The summed E-state index contributed by atoms with van der Waals surface area (Å²) in [6, 6.07) is 8.40. The average Bonchev–Trinajstić information content (AvgIpc) is 2.67. The maximum atomic E-state index is 5.80. The minimum absolute atomic E-state index is 0.666. The normalized spacial score (nSPS) is 10.6. The van der Waals surface area contributed by atoms with Gasteiger partial charge in [0.25, 0.3) is 0 Å². The van der Waals surface area contributed by atoms with E-state index in [2.05, 4.69) is 29.4 Å². The average molecular weight is 236 g/mol. The number of hydrogen-bond acceptors (Lipinski definition) is 2. The summed E-state index contributed by atoms with van der Waals surface area (Å²) in [7, 11) is 0. The predicted octanol–water partition coefficient (Wildman–Crippen LogP) is 2.09. The lowest BCUT2D eigenvalue weighted by molar-refractivity contribution is 0.686. The molecule has 2 rings (SSSR count). The maximum absolute atomic E-state index is 5.80. The van der Waals surface area contributed by atoms with E-state index in [4.69, 9.17) is 17.3 Å². The first kappa shape index (κ1) is 11.2. The smallest absolute Gasteiger partial charge is 0.0785 e. The van der Waals surface area contributed by atoms with Crippen LogP contribution in [0.1, 0.15) is 11.1 Å². The molecule has 0 aliphatic rings. The molecule has 0 atom stereocenters. The van der Waals surface area contributed by atoms with E-state index in [1.165, 1.54) is 11.1 Å². The molecule has 0 saturated heterocycles. The van der Waals surface area contributed by atoms with Crippen molar-refractivity contribution >= 4 is 11.6 Å². The molecule has 84 valence electrons. The van der Waals surface area contributed by atoms with Gasteiger partial charge in [0.2, 0.25) is 0 Å². The minimum Gasteiger partial charge on any atom is -0.330 e. The van der Waals surface area contributed by atoms with Crippen LogP contribution in [0.5, 0.6) is 0 Å². The third kappa shape index (κ3) is 2.84. The quantitative estimate of drug-likeness (QED) is 0.882. The van der Waals surface area contributed by atoms with Gasteiger partial charge in [-0.2, -0.15) is 5.10 Å². The highest BCUT2D eigenvalue weighted by Gasteiger charge is 1.98. The standard InChI is InChI=1S/C12H14ClN3/c13-12-7-15-16(9-12)8-11-3-1-10(2-4-11)5-6-14/h1-4,7,9H,5-6,8,14H2. The molecule has 0 aliphatic carbocycles. The Bertz CT molecular complexity index is 448. The van der Waals surface area contributed by atoms with Crippen molar-refractivity contribution in [2.24, 2.45) is 5.73 Å². The van der Waals surface area contributed by atoms with E-state index >= 15 is 0 Å². The van der Waals surface area contributed by atoms with Crippen LogP contribution in [-0.4, -0.2) is 16.3 Å². The molecule has 1 aromatic carbocycles. The van der Waals surface area contributed by atoms with Gasteiger partial charge in [0, 0.05) is 6.20 Å². The number of benzene rings is 1. The highest BCUT2D eigenvalue weighted by Crippen LogP contribution is 2.09. The van der Waals surface area contributed by atoms with Crippen molar-refractivity contribution in [3.05, 3.63) is 52.8 Å². The van der Waals surface area contributed by atoms with Crippen LogP contribution >= 0.6 is 11.6 Å². The Labute approximate surface area is 99.8 Å². The molecule has 2 N–H and O–H groups in total. The SMILES string of the molecule is NCCc1ccc(Cn2cc(Cl)cn2)cc1. The molecule has 0 saturated carbocycles. The lowest BCUT2D eigenvalue weighted by Crippen LogP contribution is -2.03. The summed E-state index contributed by atoms with van der Waals surface area (Å²) in [4.78, 5) is 0. The molecule has 1 heterocycles. The van der Waals surface area contributed by atoms with E-state index in [1.807, 2.05) is 10.9 Å². The second-order valence-electron chi connectivity index (χ2n) is 3.71. The first-order valence-electron chi connectivity index (χ1n) is 5.24. The van der Waals surface area contributed by atoms with Gasteiger partial charge in [0.05, 0.1) is 17.8 Å². The summed E-state index contributed by atoms with van der Waals surface area (Å²) in [5, 5.41) is 4.80. The summed E-state index contributed by atoms with van der Waals surface area (Å²) in [6.45, 7) is 1.43. The summed E-state index contributed by atoms with van der Waals surface area (Å²) in [5.41, 5.74) is 7.97. The molecule has 2 aromatic rings. The van der Waals surface area contributed by atoms with E-state index in [0.29, 0.717) is 11.6 Å². The van der Waals surface area contributed by atoms with Gasteiger partial charge in [-0.3, -0.25) is 4.68 Å². The zero-order valence-electron chi connectivity index (χ0n) is 8.94. The van der Waals surface area contributed by atoms with Gasteiger partial charge < -0.3 is 5.73 Å². The Morgan fingerprint density at radius 3 is 2.44 bits per heavy atom. The fourth-order valence-corrected chi connectivity index (χ4v) is 1.75. The molecule has 0 spiro atoms. The second kappa shape index (κ2) is 5.14. The molecule has 0 bridgehead atoms. The first-order valence-corrected chi connectivity index (χ1v) is 5.61. The topological polar surface area (TPSA) is 43.8 Å². The fraction of sp³-hybridized carbons (Fsp3) is 0.250. The summed E-state index contributed by atoms with van der Waals surface area (Å²) in [5.74, 6) is 0. The van der Waals surface area contributed by atoms with Gasteiger partial charge in [-0.15, -0.1) is 0 Å². The molecule has 0 fully saturated rings. The molecular weight excluding hydrogens is 222 g/mol. The van der Waals surface area contributed by atoms with Crippen molar-refractivity contribution < 1.29 is 0 Å². The van der Waals surface area contributed by atoms with Crippen molar-refractivity contribution in [2.45, 2.75) is 13.0 Å². The van der Waals surface area contributed by atoms with E-state index < -0.39 is 0 Å². The third-order valence-corrected chi connectivity index (χ3v) is 2.60. The Morgan fingerprint density at radius 2 is 1.88 bits per heavy atom. The fourth-order valence-electron chi connectivity index (χ4n) is 1.59. The molecule has 0 amide bonds. The lowest BCUT2D eigenvalue weighted by Gasteiger charge is -2.03. The lowest BCUT2D eigenvalue weighted by atomic mass is 10.1. The third-order valence-electron chi connectivity index (χ3n) is 2.40.